The van der Waals surface area contributed by atoms with E-state index in [1.807, 2.05) is 30.1 Å². The molecular formula is C29H44N6O2. The Morgan fingerprint density at radius 3 is 2.59 bits per heavy atom. The van der Waals surface area contributed by atoms with Crippen LogP contribution in [0.15, 0.2) is 35.0 Å². The highest BCUT2D eigenvalue weighted by Gasteiger charge is 2.31. The van der Waals surface area contributed by atoms with Crippen molar-refractivity contribution in [2.45, 2.75) is 66.1 Å². The van der Waals surface area contributed by atoms with Crippen molar-refractivity contribution in [1.82, 2.24) is 19.7 Å². The number of carbonyl (C=O) groups excluding carboxylic acids is 1. The second-order valence-electron chi connectivity index (χ2n) is 10.3. The number of aromatic nitrogens is 1. The number of nitrogens with one attached hydrogen (secondary N) is 2. The maximum atomic E-state index is 13.6. The largest absolute Gasteiger partial charge is 0.476 e. The Labute approximate surface area is 221 Å². The molecule has 0 spiro atoms. The smallest absolute Gasteiger partial charge is 0.272 e. The predicted molar refractivity (Wildman–Crippen MR) is 152 cm³/mol. The molecule has 8 nitrogen and oxygen atoms in total. The van der Waals surface area contributed by atoms with Crippen LogP contribution in [0.3, 0.4) is 0 Å². The lowest BCUT2D eigenvalue weighted by atomic mass is 10.1. The summed E-state index contributed by atoms with van der Waals surface area (Å²) in [6, 6.07) is 6.01. The van der Waals surface area contributed by atoms with Gasteiger partial charge >= 0.3 is 0 Å². The van der Waals surface area contributed by atoms with Crippen LogP contribution in [0.4, 0.5) is 5.69 Å². The van der Waals surface area contributed by atoms with E-state index in [-0.39, 0.29) is 12.2 Å². The predicted octanol–water partition coefficient (Wildman–Crippen LogP) is 4.86. The highest BCUT2D eigenvalue weighted by Crippen LogP contribution is 2.26. The second-order valence-corrected chi connectivity index (χ2v) is 10.3. The van der Waals surface area contributed by atoms with Crippen LogP contribution in [0.2, 0.25) is 0 Å². The number of likely N-dealkylation sites (tertiary alicyclic amines) is 1. The summed E-state index contributed by atoms with van der Waals surface area (Å²) in [6.07, 6.45) is 7.40. The highest BCUT2D eigenvalue weighted by atomic mass is 16.5. The summed E-state index contributed by atoms with van der Waals surface area (Å²) in [5, 5.41) is 4.25. The van der Waals surface area contributed by atoms with E-state index in [1.165, 1.54) is 24.8 Å². The molecule has 1 unspecified atom stereocenters. The van der Waals surface area contributed by atoms with Crippen LogP contribution in [0, 0.1) is 13.8 Å². The molecule has 2 N–H and O–H groups in total. The van der Waals surface area contributed by atoms with E-state index in [2.05, 4.69) is 47.8 Å². The number of hydrogen-bond acceptors (Lipinski definition) is 6. The molecular weight excluding hydrogens is 464 g/mol. The number of amides is 1. The summed E-state index contributed by atoms with van der Waals surface area (Å²) < 4.78 is 6.17. The van der Waals surface area contributed by atoms with Gasteiger partial charge in [-0.3, -0.25) is 14.6 Å². The maximum absolute atomic E-state index is 13.6. The van der Waals surface area contributed by atoms with Gasteiger partial charge in [0.15, 0.2) is 6.29 Å². The number of aryl methyl sites for hydroxylation is 2. The molecule has 37 heavy (non-hydrogen) atoms. The van der Waals surface area contributed by atoms with Gasteiger partial charge in [0.05, 0.1) is 0 Å². The molecule has 1 aromatic heterocycles. The molecule has 1 atom stereocenters. The topological polar surface area (TPSA) is 76.2 Å². The molecule has 1 aromatic carbocycles. The number of benzene rings is 1. The minimum absolute atomic E-state index is 0.156. The van der Waals surface area contributed by atoms with E-state index >= 15 is 0 Å². The Bertz CT molecular complexity index is 1120. The number of H-pyrrole nitrogens is 1. The molecule has 2 aliphatic rings. The molecule has 0 radical (unpaired) electrons. The number of hydrogen-bond donors (Lipinski definition) is 2. The summed E-state index contributed by atoms with van der Waals surface area (Å²) >= 11 is 0. The van der Waals surface area contributed by atoms with Crippen LogP contribution in [0.1, 0.15) is 57.2 Å². The number of aliphatic imine (C=N–C) groups is 1. The lowest BCUT2D eigenvalue weighted by Gasteiger charge is -2.39. The summed E-state index contributed by atoms with van der Waals surface area (Å²) in [5.74, 6) is 0.381. The van der Waals surface area contributed by atoms with E-state index in [0.29, 0.717) is 18.2 Å². The number of aromatic amines is 1. The zero-order valence-electron chi connectivity index (χ0n) is 23.3. The first-order chi connectivity index (χ1) is 17.9. The molecule has 0 saturated carbocycles. The fraction of sp³-hybridized carbons (Fsp3) is 0.586. The fourth-order valence-corrected chi connectivity index (χ4v) is 5.33. The van der Waals surface area contributed by atoms with Crippen molar-refractivity contribution in [2.75, 3.05) is 51.7 Å². The molecule has 1 saturated heterocycles. The van der Waals surface area contributed by atoms with E-state index in [0.717, 1.165) is 67.8 Å². The van der Waals surface area contributed by atoms with Gasteiger partial charge in [-0.25, -0.2) is 4.99 Å². The molecule has 1 amide bonds. The lowest BCUT2D eigenvalue weighted by Crippen LogP contribution is -2.50. The van der Waals surface area contributed by atoms with Gasteiger partial charge in [-0.1, -0.05) is 20.3 Å². The van der Waals surface area contributed by atoms with Crippen molar-refractivity contribution in [1.29, 1.82) is 0 Å². The Morgan fingerprint density at radius 1 is 1.16 bits per heavy atom. The summed E-state index contributed by atoms with van der Waals surface area (Å²) in [7, 11) is 1.95. The first-order valence-electron chi connectivity index (χ1n) is 13.9. The van der Waals surface area contributed by atoms with Gasteiger partial charge < -0.3 is 19.9 Å². The van der Waals surface area contributed by atoms with Crippen molar-refractivity contribution in [2.24, 2.45) is 4.99 Å². The molecule has 0 bridgehead atoms. The maximum Gasteiger partial charge on any atom is 0.272 e. The minimum atomic E-state index is -0.271. The first-order valence-corrected chi connectivity index (χ1v) is 13.9. The van der Waals surface area contributed by atoms with Crippen LogP contribution in [0.25, 0.3) is 10.9 Å². The molecule has 1 fully saturated rings. The fourth-order valence-electron chi connectivity index (χ4n) is 5.33. The van der Waals surface area contributed by atoms with Gasteiger partial charge in [-0.2, -0.15) is 0 Å². The van der Waals surface area contributed by atoms with Crippen molar-refractivity contribution in [3.63, 3.8) is 0 Å². The van der Waals surface area contributed by atoms with Crippen LogP contribution in [-0.2, 0) is 9.53 Å². The molecule has 2 aliphatic heterocycles. The average molecular weight is 509 g/mol. The van der Waals surface area contributed by atoms with Gasteiger partial charge in [-0.15, -0.1) is 0 Å². The van der Waals surface area contributed by atoms with Gasteiger partial charge in [0.1, 0.15) is 12.3 Å². The van der Waals surface area contributed by atoms with Gasteiger partial charge in [-0.05, 0) is 76.4 Å². The molecule has 4 rings (SSSR count). The minimum Gasteiger partial charge on any atom is -0.476 e. The third kappa shape index (κ3) is 6.54. The Hall–Kier alpha value is -2.84. The number of piperidine rings is 1. The van der Waals surface area contributed by atoms with Gasteiger partial charge in [0.2, 0.25) is 5.90 Å². The number of rotatable bonds is 10. The SMILES string of the molecule is CCCN(CCC)C1N=C(OCCN2CCCCC2)C=C(C(=O)Nc2ccc3[nH]c(C)c(C)c3c2)N1C. The third-order valence-electron chi connectivity index (χ3n) is 7.48. The van der Waals surface area contributed by atoms with Crippen molar-refractivity contribution < 1.29 is 9.53 Å². The van der Waals surface area contributed by atoms with Gasteiger partial charge in [0.25, 0.3) is 5.91 Å². The summed E-state index contributed by atoms with van der Waals surface area (Å²) in [4.78, 5) is 28.7. The highest BCUT2D eigenvalue weighted by molar-refractivity contribution is 6.08. The number of likely N-dealkylation sites (N-methyl/N-ethyl adjacent to an activating group) is 1. The number of anilines is 1. The standard InChI is InChI=1S/C29H44N6O2/c1-6-13-35(14-7-2)29-32-27(37-18-17-34-15-9-8-10-16-34)20-26(33(29)5)28(36)31-23-11-12-25-24(19-23)21(3)22(4)30-25/h11-12,19-20,29-30H,6-10,13-18H2,1-5H3,(H,31,36). The first kappa shape index (κ1) is 27.2. The van der Waals surface area contributed by atoms with E-state index < -0.39 is 0 Å². The normalized spacial score (nSPS) is 18.8. The Kier molecular flexibility index (Phi) is 9.27. The molecule has 3 heterocycles. The molecule has 0 aliphatic carbocycles. The van der Waals surface area contributed by atoms with E-state index in [9.17, 15) is 4.79 Å². The van der Waals surface area contributed by atoms with Gasteiger partial charge in [0, 0.05) is 55.0 Å². The monoisotopic (exact) mass is 508 g/mol. The Balaban J connectivity index is 1.53. The number of carbonyl (C=O) groups is 1. The van der Waals surface area contributed by atoms with Crippen molar-refractivity contribution >= 4 is 28.4 Å². The number of ether oxygens (including phenoxy) is 1. The van der Waals surface area contributed by atoms with Crippen LogP contribution < -0.4 is 5.32 Å². The van der Waals surface area contributed by atoms with Crippen molar-refractivity contribution in [3.8, 4) is 0 Å². The third-order valence-corrected chi connectivity index (χ3v) is 7.48. The van der Waals surface area contributed by atoms with E-state index in [1.54, 1.807) is 6.08 Å². The molecule has 202 valence electrons. The second kappa shape index (κ2) is 12.6. The van der Waals surface area contributed by atoms with Crippen LogP contribution in [0.5, 0.6) is 0 Å². The number of fused-ring (bicyclic) bond motifs is 1. The zero-order chi connectivity index (χ0) is 26.4. The van der Waals surface area contributed by atoms with Crippen LogP contribution in [-0.4, -0.2) is 84.2 Å². The summed E-state index contributed by atoms with van der Waals surface area (Å²) in [6.45, 7) is 14.1. The lowest BCUT2D eigenvalue weighted by molar-refractivity contribution is -0.115. The zero-order valence-corrected chi connectivity index (χ0v) is 23.3. The quantitative estimate of drug-likeness (QED) is 0.479. The summed E-state index contributed by atoms with van der Waals surface area (Å²) in [5.41, 5.74) is 4.76. The number of nitrogens with zero attached hydrogens (tertiary/aromatic N) is 4. The van der Waals surface area contributed by atoms with Crippen molar-refractivity contribution in [3.05, 3.63) is 41.2 Å². The van der Waals surface area contributed by atoms with Crippen LogP contribution >= 0.6 is 0 Å². The van der Waals surface area contributed by atoms with E-state index in [4.69, 9.17) is 9.73 Å². The Morgan fingerprint density at radius 2 is 1.89 bits per heavy atom. The molecule has 2 aromatic rings. The molecule has 8 heteroatoms. The average Bonchev–Trinajstić information content (AvgIpc) is 3.18.